The van der Waals surface area contributed by atoms with Crippen molar-refractivity contribution < 1.29 is 9.53 Å². The molecule has 0 amide bonds. The molecule has 0 aromatic heterocycles. The fourth-order valence-corrected chi connectivity index (χ4v) is 3.27. The first kappa shape index (κ1) is 16.4. The maximum Gasteiger partial charge on any atom is 0.310 e. The Kier molecular flexibility index (Phi) is 6.27. The topological polar surface area (TPSA) is 53.3 Å². The molecular formula is C18H24N2O2. The van der Waals surface area contributed by atoms with Gasteiger partial charge in [0.15, 0.2) is 6.19 Å². The Bertz CT molecular complexity index is 510. The van der Waals surface area contributed by atoms with Gasteiger partial charge in [-0.2, -0.15) is 5.26 Å². The van der Waals surface area contributed by atoms with E-state index in [0.29, 0.717) is 6.54 Å². The summed E-state index contributed by atoms with van der Waals surface area (Å²) in [7, 11) is 1.44. The molecule has 0 saturated heterocycles. The molecule has 0 heterocycles. The Morgan fingerprint density at radius 1 is 1.23 bits per heavy atom. The molecule has 0 aliphatic heterocycles. The van der Waals surface area contributed by atoms with E-state index in [1.165, 1.54) is 13.5 Å². The summed E-state index contributed by atoms with van der Waals surface area (Å²) >= 11 is 0. The molecule has 2 atom stereocenters. The van der Waals surface area contributed by atoms with E-state index < -0.39 is 0 Å². The molecule has 1 saturated carbocycles. The van der Waals surface area contributed by atoms with Crippen LogP contribution in [-0.2, 0) is 16.1 Å². The van der Waals surface area contributed by atoms with E-state index in [-0.39, 0.29) is 17.9 Å². The van der Waals surface area contributed by atoms with Gasteiger partial charge in [0, 0.05) is 0 Å². The van der Waals surface area contributed by atoms with Gasteiger partial charge in [-0.1, -0.05) is 56.0 Å². The fraction of sp³-hybridized carbons (Fsp3) is 0.556. The highest BCUT2D eigenvalue weighted by Gasteiger charge is 2.33. The molecule has 1 aliphatic rings. The molecule has 0 bridgehead atoms. The summed E-state index contributed by atoms with van der Waals surface area (Å²) in [6.07, 6.45) is 8.41. The molecule has 2 rings (SSSR count). The Morgan fingerprint density at radius 2 is 1.91 bits per heavy atom. The van der Waals surface area contributed by atoms with Crippen LogP contribution in [0.4, 0.5) is 0 Å². The van der Waals surface area contributed by atoms with Crippen LogP contribution in [0.1, 0.15) is 44.1 Å². The monoisotopic (exact) mass is 300 g/mol. The van der Waals surface area contributed by atoms with Crippen molar-refractivity contribution >= 4 is 5.97 Å². The molecule has 0 N–H and O–H groups in total. The van der Waals surface area contributed by atoms with E-state index >= 15 is 0 Å². The van der Waals surface area contributed by atoms with Crippen LogP contribution in [-0.4, -0.2) is 24.0 Å². The lowest BCUT2D eigenvalue weighted by Crippen LogP contribution is -2.42. The highest BCUT2D eigenvalue weighted by atomic mass is 16.5. The van der Waals surface area contributed by atoms with Crippen LogP contribution >= 0.6 is 0 Å². The van der Waals surface area contributed by atoms with Crippen LogP contribution in [0.3, 0.4) is 0 Å². The summed E-state index contributed by atoms with van der Waals surface area (Å²) in [5.74, 6) is -0.381. The van der Waals surface area contributed by atoms with Crippen molar-refractivity contribution in [3.8, 4) is 6.19 Å². The summed E-state index contributed by atoms with van der Waals surface area (Å²) in [5.41, 5.74) is 1.09. The van der Waals surface area contributed by atoms with E-state index in [9.17, 15) is 10.1 Å². The summed E-state index contributed by atoms with van der Waals surface area (Å²) in [4.78, 5) is 13.9. The number of nitriles is 1. The van der Waals surface area contributed by atoms with E-state index in [0.717, 1.165) is 37.7 Å². The third-order valence-electron chi connectivity index (χ3n) is 4.46. The second kappa shape index (κ2) is 8.43. The minimum absolute atomic E-state index is 0.0574. The van der Waals surface area contributed by atoms with Crippen LogP contribution in [0, 0.1) is 17.4 Å². The Labute approximate surface area is 132 Å². The molecule has 1 aromatic carbocycles. The number of carbonyl (C=O) groups is 1. The van der Waals surface area contributed by atoms with Gasteiger partial charge in [0.2, 0.25) is 0 Å². The van der Waals surface area contributed by atoms with Gasteiger partial charge in [-0.25, -0.2) is 0 Å². The second-order valence-electron chi connectivity index (χ2n) is 5.90. The number of ether oxygens (including phenoxy) is 1. The van der Waals surface area contributed by atoms with E-state index in [1.54, 1.807) is 4.90 Å². The SMILES string of the molecule is COC(=O)[C@@H]1CCCCCC[C@@H]1N(C#N)Cc1ccccc1. The predicted octanol–water partition coefficient (Wildman–Crippen LogP) is 3.48. The highest BCUT2D eigenvalue weighted by molar-refractivity contribution is 5.73. The first-order valence-electron chi connectivity index (χ1n) is 8.04. The smallest absolute Gasteiger partial charge is 0.310 e. The summed E-state index contributed by atoms with van der Waals surface area (Å²) in [6.45, 7) is 0.551. The van der Waals surface area contributed by atoms with E-state index in [2.05, 4.69) is 6.19 Å². The molecule has 1 aromatic rings. The summed E-state index contributed by atoms with van der Waals surface area (Å²) < 4.78 is 4.99. The van der Waals surface area contributed by atoms with Crippen molar-refractivity contribution in [3.63, 3.8) is 0 Å². The number of nitrogens with zero attached hydrogens (tertiary/aromatic N) is 2. The third-order valence-corrected chi connectivity index (χ3v) is 4.46. The maximum atomic E-state index is 12.2. The van der Waals surface area contributed by atoms with Gasteiger partial charge in [-0.05, 0) is 18.4 Å². The lowest BCUT2D eigenvalue weighted by atomic mass is 9.85. The van der Waals surface area contributed by atoms with Gasteiger partial charge >= 0.3 is 5.97 Å². The zero-order valence-electron chi connectivity index (χ0n) is 13.2. The minimum Gasteiger partial charge on any atom is -0.469 e. The van der Waals surface area contributed by atoms with Gasteiger partial charge in [0.05, 0.1) is 25.6 Å². The zero-order valence-corrected chi connectivity index (χ0v) is 13.2. The zero-order chi connectivity index (χ0) is 15.8. The van der Waals surface area contributed by atoms with E-state index in [4.69, 9.17) is 4.74 Å². The first-order valence-corrected chi connectivity index (χ1v) is 8.04. The number of esters is 1. The standard InChI is InChI=1S/C18H24N2O2/c1-22-18(21)16-11-7-2-3-8-12-17(16)20(14-19)13-15-9-5-4-6-10-15/h4-6,9-10,16-17H,2-3,7-8,11-13H2,1H3/t16-,17+/m1/s1. The fourth-order valence-electron chi connectivity index (χ4n) is 3.27. The molecule has 1 aliphatic carbocycles. The van der Waals surface area contributed by atoms with E-state index in [1.807, 2.05) is 30.3 Å². The lowest BCUT2D eigenvalue weighted by molar-refractivity contribution is -0.148. The summed E-state index contributed by atoms with van der Waals surface area (Å²) in [5, 5.41) is 9.60. The Hall–Kier alpha value is -2.02. The molecule has 4 nitrogen and oxygen atoms in total. The number of rotatable bonds is 4. The molecule has 0 spiro atoms. The van der Waals surface area contributed by atoms with Crippen molar-refractivity contribution in [2.75, 3.05) is 7.11 Å². The largest absolute Gasteiger partial charge is 0.469 e. The normalized spacial score (nSPS) is 22.0. The highest BCUT2D eigenvalue weighted by Crippen LogP contribution is 2.28. The first-order chi connectivity index (χ1) is 10.8. The number of methoxy groups -OCH3 is 1. The van der Waals surface area contributed by atoms with Gasteiger partial charge in [-0.15, -0.1) is 0 Å². The van der Waals surface area contributed by atoms with Gasteiger partial charge < -0.3 is 9.64 Å². The molecule has 0 radical (unpaired) electrons. The number of carbonyl (C=O) groups excluding carboxylic acids is 1. The van der Waals surface area contributed by atoms with Gasteiger partial charge in [0.1, 0.15) is 0 Å². The maximum absolute atomic E-state index is 12.2. The van der Waals surface area contributed by atoms with Gasteiger partial charge in [0.25, 0.3) is 0 Å². The minimum atomic E-state index is -0.200. The molecule has 118 valence electrons. The van der Waals surface area contributed by atoms with Crippen LogP contribution in [0.2, 0.25) is 0 Å². The third kappa shape index (κ3) is 4.24. The number of hydrogen-bond donors (Lipinski definition) is 0. The number of benzene rings is 1. The van der Waals surface area contributed by atoms with Crippen LogP contribution < -0.4 is 0 Å². The molecule has 0 unspecified atom stereocenters. The van der Waals surface area contributed by atoms with Crippen molar-refractivity contribution in [1.82, 2.24) is 4.90 Å². The molecule has 22 heavy (non-hydrogen) atoms. The van der Waals surface area contributed by atoms with Crippen molar-refractivity contribution in [2.45, 2.75) is 51.1 Å². The summed E-state index contributed by atoms with van der Waals surface area (Å²) in [6, 6.07) is 9.88. The Morgan fingerprint density at radius 3 is 2.55 bits per heavy atom. The molecule has 1 fully saturated rings. The lowest BCUT2D eigenvalue weighted by Gasteiger charge is -2.33. The molecule has 4 heteroatoms. The van der Waals surface area contributed by atoms with Crippen molar-refractivity contribution in [2.24, 2.45) is 5.92 Å². The predicted molar refractivity (Wildman–Crippen MR) is 84.6 cm³/mol. The van der Waals surface area contributed by atoms with Crippen molar-refractivity contribution in [3.05, 3.63) is 35.9 Å². The van der Waals surface area contributed by atoms with Crippen LogP contribution in [0.5, 0.6) is 0 Å². The number of hydrogen-bond acceptors (Lipinski definition) is 4. The molecular weight excluding hydrogens is 276 g/mol. The average molecular weight is 300 g/mol. The van der Waals surface area contributed by atoms with Gasteiger partial charge in [-0.3, -0.25) is 4.79 Å². The average Bonchev–Trinajstić information content (AvgIpc) is 2.53. The van der Waals surface area contributed by atoms with Crippen LogP contribution in [0.25, 0.3) is 0 Å². The van der Waals surface area contributed by atoms with Crippen molar-refractivity contribution in [1.29, 1.82) is 5.26 Å². The quantitative estimate of drug-likeness (QED) is 0.485. The second-order valence-corrected chi connectivity index (χ2v) is 5.90. The van der Waals surface area contributed by atoms with Crippen LogP contribution in [0.15, 0.2) is 30.3 Å². The Balaban J connectivity index is 2.17.